The summed E-state index contributed by atoms with van der Waals surface area (Å²) in [7, 11) is 0. The van der Waals surface area contributed by atoms with Gasteiger partial charge < -0.3 is 14.5 Å². The van der Waals surface area contributed by atoms with E-state index in [0.29, 0.717) is 0 Å². The summed E-state index contributed by atoms with van der Waals surface area (Å²) in [6, 6.07) is 4.43. The topological polar surface area (TPSA) is 67.2 Å². The standard InChI is InChI=1S/C20H20F2N4O3/c1-3-29-20(28)25-8-6-24(7-9-25)18-14(21)10-13-17(16(18)22)26-11-12(2)4-5-15(26)23-19(13)27/h4-5,10-11H,3,6-9H2,1-2H3. The third kappa shape index (κ3) is 3.26. The van der Waals surface area contributed by atoms with E-state index in [9.17, 15) is 14.0 Å². The van der Waals surface area contributed by atoms with Crippen molar-refractivity contribution in [2.24, 2.45) is 0 Å². The average molecular weight is 402 g/mol. The summed E-state index contributed by atoms with van der Waals surface area (Å²) in [5.41, 5.74) is 0.240. The van der Waals surface area contributed by atoms with E-state index in [0.717, 1.165) is 11.6 Å². The Hall–Kier alpha value is -3.23. The highest BCUT2D eigenvalue weighted by atomic mass is 19.1. The zero-order chi connectivity index (χ0) is 20.7. The first kappa shape index (κ1) is 19.1. The van der Waals surface area contributed by atoms with Crippen molar-refractivity contribution in [2.75, 3.05) is 37.7 Å². The molecule has 0 unspecified atom stereocenters. The number of anilines is 1. The van der Waals surface area contributed by atoms with Gasteiger partial charge in [-0.15, -0.1) is 0 Å². The molecule has 0 saturated carbocycles. The van der Waals surface area contributed by atoms with Crippen LogP contribution in [-0.2, 0) is 4.74 Å². The molecular weight excluding hydrogens is 382 g/mol. The van der Waals surface area contributed by atoms with Crippen LogP contribution in [0.2, 0.25) is 0 Å². The molecule has 9 heteroatoms. The number of ether oxygens (including phenoxy) is 1. The summed E-state index contributed by atoms with van der Waals surface area (Å²) in [5, 5.41) is -0.114. The largest absolute Gasteiger partial charge is 0.450 e. The van der Waals surface area contributed by atoms with Crippen LogP contribution in [0.4, 0.5) is 19.3 Å². The number of hydrogen-bond donors (Lipinski definition) is 0. The van der Waals surface area contributed by atoms with Crippen molar-refractivity contribution in [2.45, 2.75) is 13.8 Å². The number of amides is 1. The molecule has 0 atom stereocenters. The van der Waals surface area contributed by atoms with Crippen LogP contribution >= 0.6 is 0 Å². The molecule has 0 N–H and O–H groups in total. The Morgan fingerprint density at radius 3 is 2.62 bits per heavy atom. The number of fused-ring (bicyclic) bond motifs is 3. The number of piperazine rings is 1. The molecular formula is C20H20F2N4O3. The van der Waals surface area contributed by atoms with E-state index in [1.807, 2.05) is 6.92 Å². The van der Waals surface area contributed by atoms with Crippen molar-refractivity contribution < 1.29 is 18.3 Å². The van der Waals surface area contributed by atoms with Gasteiger partial charge in [0, 0.05) is 32.4 Å². The van der Waals surface area contributed by atoms with Crippen LogP contribution < -0.4 is 10.5 Å². The maximum Gasteiger partial charge on any atom is 0.409 e. The zero-order valence-corrected chi connectivity index (χ0v) is 16.1. The quantitative estimate of drug-likeness (QED) is 0.617. The Morgan fingerprint density at radius 2 is 1.93 bits per heavy atom. The normalized spacial score (nSPS) is 14.6. The maximum absolute atomic E-state index is 15.6. The lowest BCUT2D eigenvalue weighted by Crippen LogP contribution is -2.49. The van der Waals surface area contributed by atoms with Crippen LogP contribution in [0.1, 0.15) is 12.5 Å². The Balaban J connectivity index is 1.80. The van der Waals surface area contributed by atoms with Crippen molar-refractivity contribution in [1.29, 1.82) is 0 Å². The Morgan fingerprint density at radius 1 is 1.21 bits per heavy atom. The molecule has 1 fully saturated rings. The molecule has 1 aliphatic rings. The van der Waals surface area contributed by atoms with Gasteiger partial charge in [-0.25, -0.2) is 13.6 Å². The molecule has 7 nitrogen and oxygen atoms in total. The maximum atomic E-state index is 15.6. The minimum absolute atomic E-state index is 0.00655. The molecule has 0 aliphatic carbocycles. The van der Waals surface area contributed by atoms with Gasteiger partial charge in [0.1, 0.15) is 17.2 Å². The van der Waals surface area contributed by atoms with Crippen LogP contribution in [-0.4, -0.2) is 53.2 Å². The number of aromatic nitrogens is 2. The molecule has 1 aromatic carbocycles. The number of benzene rings is 1. The summed E-state index contributed by atoms with van der Waals surface area (Å²) >= 11 is 0. The fraction of sp³-hybridized carbons (Fsp3) is 0.350. The smallest absolute Gasteiger partial charge is 0.409 e. The van der Waals surface area contributed by atoms with Crippen molar-refractivity contribution in [3.8, 4) is 0 Å². The number of nitrogens with zero attached hydrogens (tertiary/aromatic N) is 4. The van der Waals surface area contributed by atoms with Crippen LogP contribution in [0.3, 0.4) is 0 Å². The Labute approximate surface area is 165 Å². The lowest BCUT2D eigenvalue weighted by atomic mass is 10.1. The number of halogens is 2. The average Bonchev–Trinajstić information content (AvgIpc) is 2.69. The molecule has 0 spiro atoms. The summed E-state index contributed by atoms with van der Waals surface area (Å²) in [6.45, 7) is 4.88. The highest BCUT2D eigenvalue weighted by Gasteiger charge is 2.28. The van der Waals surface area contributed by atoms with E-state index in [1.165, 1.54) is 9.30 Å². The van der Waals surface area contributed by atoms with Crippen LogP contribution in [0, 0.1) is 18.6 Å². The van der Waals surface area contributed by atoms with Crippen LogP contribution in [0.15, 0.2) is 29.2 Å². The molecule has 3 heterocycles. The zero-order valence-electron chi connectivity index (χ0n) is 16.1. The molecule has 0 bridgehead atoms. The first-order valence-corrected chi connectivity index (χ1v) is 9.38. The predicted octanol–water partition coefficient (Wildman–Crippen LogP) is 2.71. The Bertz CT molecular complexity index is 1170. The Kier molecular flexibility index (Phi) is 4.81. The van der Waals surface area contributed by atoms with Gasteiger partial charge in [0.05, 0.1) is 17.5 Å². The molecule has 1 saturated heterocycles. The van der Waals surface area contributed by atoms with E-state index >= 15 is 4.39 Å². The molecule has 1 amide bonds. The van der Waals surface area contributed by atoms with Gasteiger partial charge >= 0.3 is 6.09 Å². The second kappa shape index (κ2) is 7.31. The van der Waals surface area contributed by atoms with Gasteiger partial charge in [-0.3, -0.25) is 9.20 Å². The van der Waals surface area contributed by atoms with Gasteiger partial charge in [0.15, 0.2) is 5.82 Å². The lowest BCUT2D eigenvalue weighted by molar-refractivity contribution is 0.105. The number of aryl methyl sites for hydroxylation is 1. The minimum atomic E-state index is -0.828. The SMILES string of the molecule is CCOC(=O)N1CCN(c2c(F)cc3c(=O)nc4ccc(C)cn4c3c2F)CC1. The molecule has 152 valence electrons. The summed E-state index contributed by atoms with van der Waals surface area (Å²) in [4.78, 5) is 31.1. The molecule has 0 radical (unpaired) electrons. The first-order chi connectivity index (χ1) is 13.9. The molecule has 1 aliphatic heterocycles. The van der Waals surface area contributed by atoms with E-state index in [1.54, 1.807) is 30.2 Å². The number of carbonyl (C=O) groups excluding carboxylic acids is 1. The van der Waals surface area contributed by atoms with Crippen molar-refractivity contribution in [3.05, 3.63) is 51.9 Å². The third-order valence-corrected chi connectivity index (χ3v) is 5.05. The fourth-order valence-electron chi connectivity index (χ4n) is 3.65. The van der Waals surface area contributed by atoms with Gasteiger partial charge in [-0.2, -0.15) is 4.98 Å². The number of hydrogen-bond acceptors (Lipinski definition) is 5. The highest BCUT2D eigenvalue weighted by Crippen LogP contribution is 2.30. The second-order valence-corrected chi connectivity index (χ2v) is 6.94. The number of rotatable bonds is 2. The summed E-state index contributed by atoms with van der Waals surface area (Å²) in [6.07, 6.45) is 1.22. The van der Waals surface area contributed by atoms with Gasteiger partial charge in [-0.05, 0) is 31.5 Å². The molecule has 4 rings (SSSR count). The van der Waals surface area contributed by atoms with E-state index in [-0.39, 0.29) is 55.0 Å². The van der Waals surface area contributed by atoms with E-state index in [2.05, 4.69) is 4.98 Å². The summed E-state index contributed by atoms with van der Waals surface area (Å²) in [5.74, 6) is -1.64. The molecule has 3 aromatic rings. The highest BCUT2D eigenvalue weighted by molar-refractivity contribution is 5.85. The molecule has 2 aromatic heterocycles. The molecule has 29 heavy (non-hydrogen) atoms. The fourth-order valence-corrected chi connectivity index (χ4v) is 3.65. The minimum Gasteiger partial charge on any atom is -0.450 e. The van der Waals surface area contributed by atoms with Crippen LogP contribution in [0.25, 0.3) is 16.6 Å². The first-order valence-electron chi connectivity index (χ1n) is 9.38. The predicted molar refractivity (Wildman–Crippen MR) is 104 cm³/mol. The lowest BCUT2D eigenvalue weighted by Gasteiger charge is -2.35. The summed E-state index contributed by atoms with van der Waals surface area (Å²) < 4.78 is 36.8. The van der Waals surface area contributed by atoms with Gasteiger partial charge in [-0.1, -0.05) is 6.07 Å². The number of pyridine rings is 1. The number of carbonyl (C=O) groups is 1. The van der Waals surface area contributed by atoms with Crippen molar-refractivity contribution in [1.82, 2.24) is 14.3 Å². The third-order valence-electron chi connectivity index (χ3n) is 5.05. The van der Waals surface area contributed by atoms with Gasteiger partial charge in [0.2, 0.25) is 0 Å². The van der Waals surface area contributed by atoms with Crippen LogP contribution in [0.5, 0.6) is 0 Å². The van der Waals surface area contributed by atoms with Crippen molar-refractivity contribution >= 4 is 28.3 Å². The van der Waals surface area contributed by atoms with Gasteiger partial charge in [0.25, 0.3) is 5.56 Å². The monoisotopic (exact) mass is 402 g/mol. The van der Waals surface area contributed by atoms with Crippen molar-refractivity contribution in [3.63, 3.8) is 0 Å². The van der Waals surface area contributed by atoms with E-state index in [4.69, 9.17) is 4.74 Å². The second-order valence-electron chi connectivity index (χ2n) is 6.94. The van der Waals surface area contributed by atoms with E-state index < -0.39 is 23.3 Å².